The standard InChI is InChI=1S/C20H22ClN3O3/c1-24(2)19-16(21)7-4-8-17(19)23-18(25)12-27-15-6-3-5-14(11-15)22-20(26)13-9-10-13/h3-8,11,13H,9-10,12H2,1-2H3,(H,22,26)(H,23,25). The Kier molecular flexibility index (Phi) is 5.86. The minimum Gasteiger partial charge on any atom is -0.484 e. The molecule has 6 nitrogen and oxygen atoms in total. The molecule has 2 aromatic carbocycles. The van der Waals surface area contributed by atoms with Gasteiger partial charge in [-0.2, -0.15) is 0 Å². The fraction of sp³-hybridized carbons (Fsp3) is 0.300. The minimum atomic E-state index is -0.298. The van der Waals surface area contributed by atoms with Crippen LogP contribution in [0.25, 0.3) is 0 Å². The Morgan fingerprint density at radius 1 is 1.15 bits per heavy atom. The van der Waals surface area contributed by atoms with Crippen LogP contribution in [0.1, 0.15) is 12.8 Å². The molecule has 142 valence electrons. The number of hydrogen-bond donors (Lipinski definition) is 2. The van der Waals surface area contributed by atoms with Gasteiger partial charge in [0.05, 0.1) is 16.4 Å². The summed E-state index contributed by atoms with van der Waals surface area (Å²) in [6, 6.07) is 12.3. The van der Waals surface area contributed by atoms with Crippen molar-refractivity contribution in [3.05, 3.63) is 47.5 Å². The highest BCUT2D eigenvalue weighted by Crippen LogP contribution is 2.32. The Morgan fingerprint density at radius 3 is 2.59 bits per heavy atom. The summed E-state index contributed by atoms with van der Waals surface area (Å²) in [4.78, 5) is 25.9. The van der Waals surface area contributed by atoms with Crippen molar-refractivity contribution in [3.63, 3.8) is 0 Å². The zero-order chi connectivity index (χ0) is 19.4. The molecule has 2 aromatic rings. The summed E-state index contributed by atoms with van der Waals surface area (Å²) in [6.07, 6.45) is 1.89. The fourth-order valence-electron chi connectivity index (χ4n) is 2.66. The number of nitrogens with one attached hydrogen (secondary N) is 2. The number of nitrogens with zero attached hydrogens (tertiary/aromatic N) is 1. The highest BCUT2D eigenvalue weighted by molar-refractivity contribution is 6.34. The van der Waals surface area contributed by atoms with Crippen LogP contribution in [0.5, 0.6) is 5.75 Å². The van der Waals surface area contributed by atoms with Crippen LogP contribution in [-0.4, -0.2) is 32.5 Å². The normalized spacial score (nSPS) is 13.0. The van der Waals surface area contributed by atoms with Crippen LogP contribution in [0.4, 0.5) is 17.1 Å². The third kappa shape index (κ3) is 5.14. The number of hydrogen-bond acceptors (Lipinski definition) is 4. The van der Waals surface area contributed by atoms with Crippen molar-refractivity contribution in [2.45, 2.75) is 12.8 Å². The van der Waals surface area contributed by atoms with E-state index in [0.717, 1.165) is 18.5 Å². The summed E-state index contributed by atoms with van der Waals surface area (Å²) in [5, 5.41) is 6.22. The second-order valence-electron chi connectivity index (χ2n) is 6.66. The van der Waals surface area contributed by atoms with Gasteiger partial charge in [-0.1, -0.05) is 23.7 Å². The predicted octanol–water partition coefficient (Wildman–Crippen LogP) is 3.77. The third-order valence-corrected chi connectivity index (χ3v) is 4.43. The summed E-state index contributed by atoms with van der Waals surface area (Å²) in [5.74, 6) is 0.372. The van der Waals surface area contributed by atoms with Crippen LogP contribution in [0.2, 0.25) is 5.02 Å². The van der Waals surface area contributed by atoms with E-state index < -0.39 is 0 Å². The molecule has 0 heterocycles. The lowest BCUT2D eigenvalue weighted by molar-refractivity contribution is -0.118. The first-order valence-electron chi connectivity index (χ1n) is 8.73. The number of ether oxygens (including phenoxy) is 1. The molecule has 27 heavy (non-hydrogen) atoms. The summed E-state index contributed by atoms with van der Waals surface area (Å²) in [5.41, 5.74) is 2.01. The fourth-order valence-corrected chi connectivity index (χ4v) is 3.00. The number of carbonyl (C=O) groups excluding carboxylic acids is 2. The van der Waals surface area contributed by atoms with Gasteiger partial charge in [0.15, 0.2) is 6.61 Å². The molecule has 0 bridgehead atoms. The molecule has 2 amide bonds. The Hall–Kier alpha value is -2.73. The largest absolute Gasteiger partial charge is 0.484 e. The first-order valence-corrected chi connectivity index (χ1v) is 9.11. The number of amides is 2. The van der Waals surface area contributed by atoms with Gasteiger partial charge in [-0.05, 0) is 37.1 Å². The molecule has 0 radical (unpaired) electrons. The number of halogens is 1. The molecule has 0 spiro atoms. The van der Waals surface area contributed by atoms with Crippen LogP contribution in [0.15, 0.2) is 42.5 Å². The topological polar surface area (TPSA) is 70.7 Å². The van der Waals surface area contributed by atoms with Gasteiger partial charge >= 0.3 is 0 Å². The molecular formula is C20H22ClN3O3. The van der Waals surface area contributed by atoms with Crippen molar-refractivity contribution in [3.8, 4) is 5.75 Å². The van der Waals surface area contributed by atoms with E-state index in [1.54, 1.807) is 42.5 Å². The van der Waals surface area contributed by atoms with Crippen molar-refractivity contribution in [2.24, 2.45) is 5.92 Å². The van der Waals surface area contributed by atoms with Crippen LogP contribution in [-0.2, 0) is 9.59 Å². The molecule has 1 saturated carbocycles. The molecule has 1 aliphatic rings. The maximum absolute atomic E-state index is 12.3. The highest BCUT2D eigenvalue weighted by Gasteiger charge is 2.29. The number of para-hydroxylation sites is 1. The molecule has 0 saturated heterocycles. The monoisotopic (exact) mass is 387 g/mol. The van der Waals surface area contributed by atoms with E-state index in [1.165, 1.54) is 0 Å². The van der Waals surface area contributed by atoms with Crippen LogP contribution >= 0.6 is 11.6 Å². The third-order valence-electron chi connectivity index (χ3n) is 4.13. The summed E-state index contributed by atoms with van der Waals surface area (Å²) in [7, 11) is 3.71. The molecule has 2 N–H and O–H groups in total. The van der Waals surface area contributed by atoms with Gasteiger partial charge in [0.1, 0.15) is 5.75 Å². The maximum atomic E-state index is 12.3. The van der Waals surface area contributed by atoms with Crippen LogP contribution < -0.4 is 20.3 Å². The SMILES string of the molecule is CN(C)c1c(Cl)cccc1NC(=O)COc1cccc(NC(=O)C2CC2)c1. The van der Waals surface area contributed by atoms with E-state index in [9.17, 15) is 9.59 Å². The maximum Gasteiger partial charge on any atom is 0.262 e. The van der Waals surface area contributed by atoms with E-state index in [1.807, 2.05) is 19.0 Å². The lowest BCUT2D eigenvalue weighted by Gasteiger charge is -2.19. The molecule has 0 aromatic heterocycles. The molecule has 0 atom stereocenters. The predicted molar refractivity (Wildman–Crippen MR) is 108 cm³/mol. The van der Waals surface area contributed by atoms with Crippen LogP contribution in [0, 0.1) is 5.92 Å². The van der Waals surface area contributed by atoms with Crippen molar-refractivity contribution < 1.29 is 14.3 Å². The van der Waals surface area contributed by atoms with E-state index in [0.29, 0.717) is 22.1 Å². The average Bonchev–Trinajstić information content (AvgIpc) is 3.45. The summed E-state index contributed by atoms with van der Waals surface area (Å²) >= 11 is 6.21. The molecule has 0 aliphatic heterocycles. The Bertz CT molecular complexity index is 850. The summed E-state index contributed by atoms with van der Waals surface area (Å²) < 4.78 is 5.56. The van der Waals surface area contributed by atoms with Gasteiger partial charge in [0.2, 0.25) is 5.91 Å². The van der Waals surface area contributed by atoms with Crippen molar-refractivity contribution in [1.29, 1.82) is 0 Å². The first kappa shape index (κ1) is 19.0. The molecule has 7 heteroatoms. The second kappa shape index (κ2) is 8.31. The number of rotatable bonds is 7. The Labute approximate surface area is 163 Å². The Morgan fingerprint density at radius 2 is 1.89 bits per heavy atom. The first-order chi connectivity index (χ1) is 12.9. The zero-order valence-corrected chi connectivity index (χ0v) is 16.0. The average molecular weight is 388 g/mol. The van der Waals surface area contributed by atoms with E-state index in [-0.39, 0.29) is 24.3 Å². The van der Waals surface area contributed by atoms with Gasteiger partial charge in [0, 0.05) is 31.8 Å². The number of carbonyl (C=O) groups is 2. The molecule has 1 fully saturated rings. The van der Waals surface area contributed by atoms with Crippen molar-refractivity contribution >= 4 is 40.5 Å². The van der Waals surface area contributed by atoms with E-state index in [4.69, 9.17) is 16.3 Å². The number of benzene rings is 2. The molecule has 1 aliphatic carbocycles. The van der Waals surface area contributed by atoms with Gasteiger partial charge in [-0.3, -0.25) is 9.59 Å². The van der Waals surface area contributed by atoms with Crippen molar-refractivity contribution in [1.82, 2.24) is 0 Å². The molecular weight excluding hydrogens is 366 g/mol. The van der Waals surface area contributed by atoms with Gasteiger partial charge in [0.25, 0.3) is 5.91 Å². The molecule has 3 rings (SSSR count). The number of anilines is 3. The van der Waals surface area contributed by atoms with Crippen LogP contribution in [0.3, 0.4) is 0 Å². The smallest absolute Gasteiger partial charge is 0.262 e. The molecule has 0 unspecified atom stereocenters. The van der Waals surface area contributed by atoms with Gasteiger partial charge in [-0.25, -0.2) is 0 Å². The van der Waals surface area contributed by atoms with Crippen molar-refractivity contribution in [2.75, 3.05) is 36.2 Å². The van der Waals surface area contributed by atoms with Gasteiger partial charge in [-0.15, -0.1) is 0 Å². The summed E-state index contributed by atoms with van der Waals surface area (Å²) in [6.45, 7) is -0.153. The zero-order valence-electron chi connectivity index (χ0n) is 15.3. The van der Waals surface area contributed by atoms with Gasteiger partial charge < -0.3 is 20.3 Å². The van der Waals surface area contributed by atoms with E-state index in [2.05, 4.69) is 10.6 Å². The lowest BCUT2D eigenvalue weighted by Crippen LogP contribution is -2.22. The second-order valence-corrected chi connectivity index (χ2v) is 7.07. The minimum absolute atomic E-state index is 0.0297. The van der Waals surface area contributed by atoms with E-state index >= 15 is 0 Å². The lowest BCUT2D eigenvalue weighted by atomic mass is 10.2. The highest BCUT2D eigenvalue weighted by atomic mass is 35.5. The Balaban J connectivity index is 1.58. The quantitative estimate of drug-likeness (QED) is 0.758.